The highest BCUT2D eigenvalue weighted by Crippen LogP contribution is 2.15. The zero-order valence-corrected chi connectivity index (χ0v) is 37.2. The molecule has 0 spiro atoms. The van der Waals surface area contributed by atoms with Gasteiger partial charge in [0.25, 0.3) is 0 Å². The predicted molar refractivity (Wildman–Crippen MR) is 230 cm³/mol. The molecule has 0 aliphatic heterocycles. The number of ether oxygens (including phenoxy) is 2. The van der Waals surface area contributed by atoms with Crippen LogP contribution in [-0.2, 0) is 33.7 Å². The molecule has 0 aliphatic rings. The van der Waals surface area contributed by atoms with Crippen molar-refractivity contribution in [2.24, 2.45) is 5.73 Å². The Morgan fingerprint density at radius 3 is 1.33 bits per heavy atom. The van der Waals surface area contributed by atoms with Gasteiger partial charge in [-0.15, -0.1) is 0 Å². The van der Waals surface area contributed by atoms with Crippen molar-refractivity contribution in [3.8, 4) is 0 Å². The van der Waals surface area contributed by atoms with Crippen LogP contribution in [0.5, 0.6) is 0 Å². The molecule has 0 saturated carbocycles. The Balaban J connectivity index is 0. The first kappa shape index (κ1) is 57.7. The van der Waals surface area contributed by atoms with E-state index in [9.17, 15) is 31.2 Å². The maximum absolute atomic E-state index is 12.6. The van der Waals surface area contributed by atoms with Gasteiger partial charge in [-0.3, -0.25) is 9.59 Å². The molecular formula is C45H82F3NO8S. The van der Waals surface area contributed by atoms with Crippen LogP contribution in [-0.4, -0.2) is 68.4 Å². The number of aliphatic carboxylic acids is 1. The van der Waals surface area contributed by atoms with E-state index in [1.807, 2.05) is 0 Å². The minimum atomic E-state index is -5.08. The second-order valence-corrected chi connectivity index (χ2v) is 17.7. The molecule has 0 fully saturated rings. The van der Waals surface area contributed by atoms with Crippen LogP contribution in [0.2, 0.25) is 0 Å². The highest BCUT2D eigenvalue weighted by molar-refractivity contribution is 7.91. The molecular weight excluding hydrogens is 772 g/mol. The van der Waals surface area contributed by atoms with Crippen molar-refractivity contribution in [2.45, 2.75) is 219 Å². The van der Waals surface area contributed by atoms with E-state index in [-0.39, 0.29) is 42.9 Å². The van der Waals surface area contributed by atoms with Crippen LogP contribution in [0.25, 0.3) is 0 Å². The van der Waals surface area contributed by atoms with Crippen molar-refractivity contribution in [1.82, 2.24) is 0 Å². The molecule has 342 valence electrons. The summed E-state index contributed by atoms with van der Waals surface area (Å²) in [6, 6.07) is 0. The minimum Gasteiger partial charge on any atom is -0.475 e. The Bertz CT molecular complexity index is 1150. The Labute approximate surface area is 350 Å². The van der Waals surface area contributed by atoms with Crippen molar-refractivity contribution in [3.63, 3.8) is 0 Å². The predicted octanol–water partition coefficient (Wildman–Crippen LogP) is 12.3. The van der Waals surface area contributed by atoms with Crippen LogP contribution in [0.15, 0.2) is 24.3 Å². The monoisotopic (exact) mass is 854 g/mol. The number of esters is 2. The molecule has 3 N–H and O–H groups in total. The fourth-order valence-corrected chi connectivity index (χ4v) is 7.51. The first-order valence-corrected chi connectivity index (χ1v) is 24.5. The summed E-state index contributed by atoms with van der Waals surface area (Å²) in [6.07, 6.45) is 35.5. The van der Waals surface area contributed by atoms with Crippen molar-refractivity contribution in [1.29, 1.82) is 0 Å². The molecule has 1 atom stereocenters. The van der Waals surface area contributed by atoms with E-state index < -0.39 is 28.1 Å². The molecule has 0 aromatic heterocycles. The molecule has 0 bridgehead atoms. The van der Waals surface area contributed by atoms with E-state index in [0.29, 0.717) is 19.4 Å². The molecule has 0 saturated heterocycles. The van der Waals surface area contributed by atoms with Gasteiger partial charge >= 0.3 is 24.1 Å². The number of halogens is 3. The van der Waals surface area contributed by atoms with Gasteiger partial charge in [0, 0.05) is 19.3 Å². The van der Waals surface area contributed by atoms with Crippen molar-refractivity contribution < 1.29 is 50.6 Å². The average Bonchev–Trinajstić information content (AvgIpc) is 3.18. The Hall–Kier alpha value is -2.41. The maximum Gasteiger partial charge on any atom is 0.490 e. The lowest BCUT2D eigenvalue weighted by Crippen LogP contribution is -2.28. The number of unbranched alkanes of at least 4 members (excludes halogenated alkanes) is 22. The average molecular weight is 854 g/mol. The summed E-state index contributed by atoms with van der Waals surface area (Å²) in [7, 11) is -3.32. The number of carbonyl (C=O) groups excluding carboxylic acids is 2. The molecule has 13 heteroatoms. The van der Waals surface area contributed by atoms with E-state index in [0.717, 1.165) is 64.2 Å². The molecule has 0 heterocycles. The molecule has 0 aromatic carbocycles. The van der Waals surface area contributed by atoms with Crippen LogP contribution < -0.4 is 5.73 Å². The lowest BCUT2D eigenvalue weighted by Gasteiger charge is -2.18. The SMILES string of the molecule is CCCCCCCC/C=C\CCCCCCCC(=O)OCC(CCS(=O)(=O)CCCN)OC(=O)CCCCCCC/C=C\CCCCCCCC.O=C(O)C(F)(F)F. The van der Waals surface area contributed by atoms with E-state index in [2.05, 4.69) is 38.2 Å². The van der Waals surface area contributed by atoms with Gasteiger partial charge in [-0.2, -0.15) is 13.2 Å². The van der Waals surface area contributed by atoms with Gasteiger partial charge in [-0.05, 0) is 77.2 Å². The Morgan fingerprint density at radius 1 is 0.586 bits per heavy atom. The number of hydrogen-bond donors (Lipinski definition) is 2. The van der Waals surface area contributed by atoms with E-state index in [1.54, 1.807) is 0 Å². The van der Waals surface area contributed by atoms with Gasteiger partial charge in [0.1, 0.15) is 12.7 Å². The van der Waals surface area contributed by atoms with Crippen molar-refractivity contribution >= 4 is 27.7 Å². The lowest BCUT2D eigenvalue weighted by atomic mass is 10.1. The third kappa shape index (κ3) is 44.7. The molecule has 0 rings (SSSR count). The summed E-state index contributed by atoms with van der Waals surface area (Å²) in [5, 5.41) is 7.12. The molecule has 1 unspecified atom stereocenters. The van der Waals surface area contributed by atoms with Crippen LogP contribution in [0.3, 0.4) is 0 Å². The molecule has 0 radical (unpaired) electrons. The third-order valence-electron chi connectivity index (χ3n) is 9.67. The molecule has 0 aromatic rings. The Kier molecular flexibility index (Phi) is 41.1. The smallest absolute Gasteiger partial charge is 0.475 e. The van der Waals surface area contributed by atoms with E-state index >= 15 is 0 Å². The number of hydrogen-bond acceptors (Lipinski definition) is 8. The maximum atomic E-state index is 12.6. The third-order valence-corrected chi connectivity index (χ3v) is 11.4. The highest BCUT2D eigenvalue weighted by atomic mass is 32.2. The molecule has 0 amide bonds. The zero-order chi connectivity index (χ0) is 43.6. The van der Waals surface area contributed by atoms with Crippen LogP contribution in [0.4, 0.5) is 13.2 Å². The molecule has 58 heavy (non-hydrogen) atoms. The summed E-state index contributed by atoms with van der Waals surface area (Å²) in [5.41, 5.74) is 5.49. The quantitative estimate of drug-likeness (QED) is 0.0350. The van der Waals surface area contributed by atoms with Gasteiger partial charge in [-0.25, -0.2) is 13.2 Å². The number of alkyl halides is 3. The summed E-state index contributed by atoms with van der Waals surface area (Å²) in [4.78, 5) is 33.9. The number of carboxylic acids is 1. The minimum absolute atomic E-state index is 0.00829. The summed E-state index contributed by atoms with van der Waals surface area (Å²) >= 11 is 0. The fourth-order valence-electron chi connectivity index (χ4n) is 6.08. The van der Waals surface area contributed by atoms with E-state index in [1.165, 1.54) is 103 Å². The number of carbonyl (C=O) groups is 3. The Morgan fingerprint density at radius 2 is 0.948 bits per heavy atom. The zero-order valence-electron chi connectivity index (χ0n) is 36.4. The van der Waals surface area contributed by atoms with Gasteiger partial charge in [-0.1, -0.05) is 141 Å². The van der Waals surface area contributed by atoms with Gasteiger partial charge < -0.3 is 20.3 Å². The van der Waals surface area contributed by atoms with Crippen LogP contribution >= 0.6 is 0 Å². The largest absolute Gasteiger partial charge is 0.490 e. The topological polar surface area (TPSA) is 150 Å². The van der Waals surface area contributed by atoms with Gasteiger partial charge in [0.05, 0.1) is 11.5 Å². The van der Waals surface area contributed by atoms with Crippen molar-refractivity contribution in [3.05, 3.63) is 24.3 Å². The van der Waals surface area contributed by atoms with Gasteiger partial charge in [0.2, 0.25) is 0 Å². The fraction of sp³-hybridized carbons (Fsp3) is 0.844. The van der Waals surface area contributed by atoms with Crippen molar-refractivity contribution in [2.75, 3.05) is 24.7 Å². The summed E-state index contributed by atoms with van der Waals surface area (Å²) < 4.78 is 67.6. The normalized spacial score (nSPS) is 12.4. The second-order valence-electron chi connectivity index (χ2n) is 15.3. The standard InChI is InChI=1S/C43H81NO6S.C2HF3O2/c1-3-5-7-9-11-13-15-17-19-21-23-25-27-29-31-34-42(45)49-40-41(36-39-51(47,48)38-33-37-44)50-43(46)35-32-30-28-26-24-22-20-18-16-14-12-10-8-6-4-2;3-2(4,5)1(6)7/h17-20,41H,3-16,21-40,44H2,1-2H3;(H,6,7)/b19-17-,20-18-;. The first-order valence-electron chi connectivity index (χ1n) is 22.6. The number of carboxylic acid groups (broad SMARTS) is 1. The van der Waals surface area contributed by atoms with E-state index in [4.69, 9.17) is 25.1 Å². The molecule has 9 nitrogen and oxygen atoms in total. The highest BCUT2D eigenvalue weighted by Gasteiger charge is 2.38. The lowest BCUT2D eigenvalue weighted by molar-refractivity contribution is -0.192. The second kappa shape index (κ2) is 41.3. The molecule has 0 aliphatic carbocycles. The van der Waals surface area contributed by atoms with Crippen LogP contribution in [0.1, 0.15) is 206 Å². The number of rotatable bonds is 39. The van der Waals surface area contributed by atoms with Gasteiger partial charge in [0.15, 0.2) is 9.84 Å². The summed E-state index contributed by atoms with van der Waals surface area (Å²) in [5.74, 6) is -3.55. The number of nitrogens with two attached hydrogens (primary N) is 1. The number of sulfone groups is 1. The first-order chi connectivity index (χ1) is 27.8. The van der Waals surface area contributed by atoms with Crippen LogP contribution in [0, 0.1) is 0 Å². The number of allylic oxidation sites excluding steroid dienone is 4. The summed E-state index contributed by atoms with van der Waals surface area (Å²) in [6.45, 7) is 4.71.